The van der Waals surface area contributed by atoms with Crippen LogP contribution in [-0.2, 0) is 6.42 Å². The third kappa shape index (κ3) is 7.20. The monoisotopic (exact) mass is 435 g/mol. The minimum Gasteiger partial charge on any atom is -0.320 e. The highest BCUT2D eigenvalue weighted by Gasteiger charge is 2.11. The van der Waals surface area contributed by atoms with E-state index in [1.54, 1.807) is 12.1 Å². The molecule has 1 N–H and O–H groups in total. The quantitative estimate of drug-likeness (QED) is 0.176. The molecule has 0 aliphatic heterocycles. The van der Waals surface area contributed by atoms with E-state index in [1.807, 2.05) is 44.3 Å². The Labute approximate surface area is 190 Å². The molecule has 2 aromatic carbocycles. The summed E-state index contributed by atoms with van der Waals surface area (Å²) in [6, 6.07) is 9.21. The Morgan fingerprint density at radius 1 is 1.09 bits per heavy atom. The van der Waals surface area contributed by atoms with Crippen molar-refractivity contribution in [1.82, 2.24) is 5.32 Å². The molecular weight excluding hydrogens is 404 g/mol. The standard InChI is InChI=1S/C27H31F2N3/c1-5-7-11-20(6-2)27(31-4)32-26-16-13-21(24-15-14-23(28)19-25(24)29)18-22(26)12-9-8-10-17-30-3/h5-7,11,13-16,18-19,30H,2,4,8-10,12,17H2,1,3H3/b7-5-,20-11+,32-27?. The minimum atomic E-state index is -0.594. The zero-order chi connectivity index (χ0) is 23.3. The van der Waals surface area contributed by atoms with Gasteiger partial charge in [-0.15, -0.1) is 0 Å². The maximum absolute atomic E-state index is 14.4. The van der Waals surface area contributed by atoms with Gasteiger partial charge in [-0.05, 0) is 81.9 Å². The van der Waals surface area contributed by atoms with Gasteiger partial charge >= 0.3 is 0 Å². The molecule has 32 heavy (non-hydrogen) atoms. The van der Waals surface area contributed by atoms with Crippen molar-refractivity contribution in [2.45, 2.75) is 32.6 Å². The number of halogens is 2. The van der Waals surface area contributed by atoms with Gasteiger partial charge in [-0.1, -0.05) is 43.4 Å². The number of amidine groups is 1. The molecule has 168 valence electrons. The zero-order valence-electron chi connectivity index (χ0n) is 18.9. The van der Waals surface area contributed by atoms with E-state index in [1.165, 1.54) is 12.1 Å². The Kier molecular flexibility index (Phi) is 10.4. The van der Waals surface area contributed by atoms with Gasteiger partial charge in [0.15, 0.2) is 5.84 Å². The molecule has 2 aromatic rings. The van der Waals surface area contributed by atoms with Crippen molar-refractivity contribution in [3.05, 3.63) is 90.1 Å². The van der Waals surface area contributed by atoms with Gasteiger partial charge in [0, 0.05) is 17.2 Å². The number of nitrogens with zero attached hydrogens (tertiary/aromatic N) is 2. The van der Waals surface area contributed by atoms with E-state index in [9.17, 15) is 8.78 Å². The molecule has 0 aliphatic rings. The smallest absolute Gasteiger partial charge is 0.159 e. The van der Waals surface area contributed by atoms with E-state index < -0.39 is 11.6 Å². The molecule has 0 unspecified atom stereocenters. The van der Waals surface area contributed by atoms with Crippen molar-refractivity contribution < 1.29 is 8.78 Å². The van der Waals surface area contributed by atoms with Crippen molar-refractivity contribution in [1.29, 1.82) is 0 Å². The molecule has 5 heteroatoms. The van der Waals surface area contributed by atoms with Gasteiger partial charge in [0.2, 0.25) is 0 Å². The van der Waals surface area contributed by atoms with Crippen molar-refractivity contribution in [2.75, 3.05) is 13.6 Å². The molecule has 0 aromatic heterocycles. The highest BCUT2D eigenvalue weighted by atomic mass is 19.1. The van der Waals surface area contributed by atoms with Crippen molar-refractivity contribution in [2.24, 2.45) is 9.98 Å². The average molecular weight is 436 g/mol. The van der Waals surface area contributed by atoms with Crippen molar-refractivity contribution in [3.63, 3.8) is 0 Å². The fourth-order valence-corrected chi connectivity index (χ4v) is 3.32. The predicted molar refractivity (Wildman–Crippen MR) is 133 cm³/mol. The van der Waals surface area contributed by atoms with Gasteiger partial charge < -0.3 is 5.32 Å². The second-order valence-electron chi connectivity index (χ2n) is 7.33. The predicted octanol–water partition coefficient (Wildman–Crippen LogP) is 6.98. The maximum Gasteiger partial charge on any atom is 0.159 e. The molecule has 0 radical (unpaired) electrons. The van der Waals surface area contributed by atoms with E-state index in [0.717, 1.165) is 55.1 Å². The number of aliphatic imine (C=N–C) groups is 2. The van der Waals surface area contributed by atoms with Gasteiger partial charge in [0.1, 0.15) is 11.6 Å². The zero-order valence-corrected chi connectivity index (χ0v) is 18.9. The molecule has 0 bridgehead atoms. The second-order valence-corrected chi connectivity index (χ2v) is 7.33. The van der Waals surface area contributed by atoms with E-state index in [4.69, 9.17) is 4.99 Å². The molecule has 3 nitrogen and oxygen atoms in total. The van der Waals surface area contributed by atoms with Crippen LogP contribution >= 0.6 is 0 Å². The van der Waals surface area contributed by atoms with E-state index in [0.29, 0.717) is 17.0 Å². The molecule has 0 heterocycles. The van der Waals surface area contributed by atoms with Crippen LogP contribution in [0.1, 0.15) is 31.7 Å². The van der Waals surface area contributed by atoms with Gasteiger partial charge in [-0.25, -0.2) is 18.8 Å². The number of nitrogens with one attached hydrogen (secondary N) is 1. The summed E-state index contributed by atoms with van der Waals surface area (Å²) in [7, 11) is 1.94. The van der Waals surface area contributed by atoms with E-state index in [2.05, 4.69) is 23.6 Å². The molecule has 2 rings (SSSR count). The number of unbranched alkanes of at least 4 members (excludes halogenated alkanes) is 2. The lowest BCUT2D eigenvalue weighted by Crippen LogP contribution is -2.07. The normalized spacial score (nSPS) is 12.4. The maximum atomic E-state index is 14.4. The number of hydrogen-bond acceptors (Lipinski definition) is 2. The lowest BCUT2D eigenvalue weighted by atomic mass is 9.98. The summed E-state index contributed by atoms with van der Waals surface area (Å²) in [6.07, 6.45) is 11.3. The minimum absolute atomic E-state index is 0.361. The highest BCUT2D eigenvalue weighted by molar-refractivity contribution is 6.04. The van der Waals surface area contributed by atoms with Crippen LogP contribution in [-0.4, -0.2) is 26.1 Å². The van der Waals surface area contributed by atoms with Crippen LogP contribution in [0.4, 0.5) is 14.5 Å². The first-order valence-electron chi connectivity index (χ1n) is 10.8. The van der Waals surface area contributed by atoms with Gasteiger partial charge in [0.05, 0.1) is 5.69 Å². The van der Waals surface area contributed by atoms with Crippen LogP contribution in [0.15, 0.2) is 82.8 Å². The Morgan fingerprint density at radius 2 is 1.91 bits per heavy atom. The molecule has 0 saturated heterocycles. The van der Waals surface area contributed by atoms with Crippen LogP contribution in [0.3, 0.4) is 0 Å². The van der Waals surface area contributed by atoms with Gasteiger partial charge in [-0.2, -0.15) is 0 Å². The largest absolute Gasteiger partial charge is 0.320 e. The van der Waals surface area contributed by atoms with Crippen LogP contribution in [0.25, 0.3) is 11.1 Å². The van der Waals surface area contributed by atoms with Crippen molar-refractivity contribution in [3.8, 4) is 11.1 Å². The number of aryl methyl sites for hydroxylation is 1. The fourth-order valence-electron chi connectivity index (χ4n) is 3.32. The van der Waals surface area contributed by atoms with Gasteiger partial charge in [0.25, 0.3) is 0 Å². The summed E-state index contributed by atoms with van der Waals surface area (Å²) in [6.45, 7) is 10.4. The summed E-state index contributed by atoms with van der Waals surface area (Å²) >= 11 is 0. The third-order valence-electron chi connectivity index (χ3n) is 5.02. The van der Waals surface area contributed by atoms with Gasteiger partial charge in [-0.3, -0.25) is 0 Å². The summed E-state index contributed by atoms with van der Waals surface area (Å²) in [5, 5.41) is 3.15. The van der Waals surface area contributed by atoms with E-state index in [-0.39, 0.29) is 0 Å². The lowest BCUT2D eigenvalue weighted by Gasteiger charge is -2.11. The van der Waals surface area contributed by atoms with E-state index >= 15 is 0 Å². The first kappa shape index (κ1) is 25.1. The van der Waals surface area contributed by atoms with Crippen molar-refractivity contribution >= 4 is 18.2 Å². The number of allylic oxidation sites excluding steroid dienone is 3. The SMILES string of the molecule is C=C/C(=C\C=C/C)C(N=C)=Nc1ccc(-c2ccc(F)cc2F)cc1CCCCCNC. The van der Waals surface area contributed by atoms with Crippen LogP contribution in [0.2, 0.25) is 0 Å². The number of hydrogen-bond donors (Lipinski definition) is 1. The number of benzene rings is 2. The molecule has 0 spiro atoms. The average Bonchev–Trinajstić information content (AvgIpc) is 2.79. The summed E-state index contributed by atoms with van der Waals surface area (Å²) in [5.74, 6) is -0.711. The molecule has 0 atom stereocenters. The fraction of sp³-hybridized carbons (Fsp3) is 0.259. The number of rotatable bonds is 11. The Morgan fingerprint density at radius 3 is 2.56 bits per heavy atom. The summed E-state index contributed by atoms with van der Waals surface area (Å²) < 4.78 is 27.7. The second kappa shape index (κ2) is 13.3. The molecular formula is C27H31F2N3. The third-order valence-corrected chi connectivity index (χ3v) is 5.02. The van der Waals surface area contributed by atoms with Crippen LogP contribution in [0.5, 0.6) is 0 Å². The summed E-state index contributed by atoms with van der Waals surface area (Å²) in [5.41, 5.74) is 3.53. The van der Waals surface area contributed by atoms with Crippen LogP contribution < -0.4 is 5.32 Å². The molecule has 0 amide bonds. The summed E-state index contributed by atoms with van der Waals surface area (Å²) in [4.78, 5) is 8.83. The Balaban J connectivity index is 2.47. The molecule has 0 saturated carbocycles. The topological polar surface area (TPSA) is 36.8 Å². The first-order valence-corrected chi connectivity index (χ1v) is 10.8. The Hall–Kier alpha value is -3.18. The molecule has 0 fully saturated rings. The highest BCUT2D eigenvalue weighted by Crippen LogP contribution is 2.31. The lowest BCUT2D eigenvalue weighted by molar-refractivity contribution is 0.585. The first-order chi connectivity index (χ1) is 15.5. The Bertz CT molecular complexity index is 1020. The van der Waals surface area contributed by atoms with Crippen LogP contribution in [0, 0.1) is 11.6 Å². The molecule has 0 aliphatic carbocycles.